The minimum atomic E-state index is -1.07. The molecule has 0 aliphatic heterocycles. The quantitative estimate of drug-likeness (QED) is 0.818. The number of rotatable bonds is 4. The molecule has 6 heteroatoms. The van der Waals surface area contributed by atoms with E-state index in [1.54, 1.807) is 11.4 Å². The summed E-state index contributed by atoms with van der Waals surface area (Å²) in [6.45, 7) is 0. The first kappa shape index (κ1) is 11.4. The third kappa shape index (κ3) is 2.90. The molecule has 0 amide bonds. The van der Waals surface area contributed by atoms with Crippen LogP contribution in [0.1, 0.15) is 16.1 Å². The van der Waals surface area contributed by atoms with Gasteiger partial charge >= 0.3 is 5.97 Å². The maximum absolute atomic E-state index is 11.5. The average molecular weight is 278 g/mol. The normalized spacial score (nSPS) is 12.4. The summed E-state index contributed by atoms with van der Waals surface area (Å²) in [5.74, 6) is -1.40. The van der Waals surface area contributed by atoms with Gasteiger partial charge in [-0.05, 0) is 22.0 Å². The molecule has 0 fully saturated rings. The molecule has 0 aliphatic carbocycles. The number of carboxylic acid groups (broad SMARTS) is 1. The summed E-state index contributed by atoms with van der Waals surface area (Å²) in [5, 5.41) is 10.2. The highest BCUT2D eigenvalue weighted by Crippen LogP contribution is 2.21. The standard InChI is InChI=1S/C8H8BrNO3S/c9-4-1-6(14-3-4)8(13)5(10)2-7(11)12/h1,3,5H,2,10H2,(H,11,12). The van der Waals surface area contributed by atoms with Crippen molar-refractivity contribution in [3.63, 3.8) is 0 Å². The SMILES string of the molecule is NC(CC(=O)O)C(=O)c1cc(Br)cs1. The molecule has 0 aromatic carbocycles. The third-order valence-corrected chi connectivity index (χ3v) is 3.25. The summed E-state index contributed by atoms with van der Waals surface area (Å²) in [5.41, 5.74) is 5.42. The number of hydrogen-bond acceptors (Lipinski definition) is 4. The smallest absolute Gasteiger partial charge is 0.305 e. The summed E-state index contributed by atoms with van der Waals surface area (Å²) in [7, 11) is 0. The molecular weight excluding hydrogens is 270 g/mol. The summed E-state index contributed by atoms with van der Waals surface area (Å²) >= 11 is 4.45. The molecule has 4 nitrogen and oxygen atoms in total. The van der Waals surface area contributed by atoms with E-state index in [0.29, 0.717) is 4.88 Å². The lowest BCUT2D eigenvalue weighted by molar-refractivity contribution is -0.137. The van der Waals surface area contributed by atoms with Gasteiger partial charge in [-0.1, -0.05) is 0 Å². The Bertz CT molecular complexity index is 363. The largest absolute Gasteiger partial charge is 0.481 e. The lowest BCUT2D eigenvalue weighted by Gasteiger charge is -2.04. The van der Waals surface area contributed by atoms with E-state index in [4.69, 9.17) is 10.8 Å². The van der Waals surface area contributed by atoms with Gasteiger partial charge in [0, 0.05) is 9.85 Å². The second-order valence-corrected chi connectivity index (χ2v) is 4.52. The van der Waals surface area contributed by atoms with Crippen molar-refractivity contribution in [3.05, 3.63) is 20.8 Å². The second-order valence-electron chi connectivity index (χ2n) is 2.70. The van der Waals surface area contributed by atoms with Crippen LogP contribution in [-0.2, 0) is 4.79 Å². The molecule has 1 aromatic rings. The average Bonchev–Trinajstić information content (AvgIpc) is 2.49. The molecule has 0 saturated heterocycles. The van der Waals surface area contributed by atoms with Gasteiger partial charge in [-0.2, -0.15) is 0 Å². The van der Waals surface area contributed by atoms with E-state index in [9.17, 15) is 9.59 Å². The van der Waals surface area contributed by atoms with Gasteiger partial charge in [0.1, 0.15) is 0 Å². The van der Waals surface area contributed by atoms with Crippen LogP contribution < -0.4 is 5.73 Å². The van der Waals surface area contributed by atoms with Gasteiger partial charge < -0.3 is 10.8 Å². The maximum atomic E-state index is 11.5. The zero-order chi connectivity index (χ0) is 10.7. The Morgan fingerprint density at radius 1 is 1.64 bits per heavy atom. The highest BCUT2D eigenvalue weighted by Gasteiger charge is 2.19. The molecule has 0 bridgehead atoms. The molecule has 0 aliphatic rings. The number of carbonyl (C=O) groups is 2. The van der Waals surface area contributed by atoms with Gasteiger partial charge in [0.25, 0.3) is 0 Å². The number of nitrogens with two attached hydrogens (primary N) is 1. The highest BCUT2D eigenvalue weighted by atomic mass is 79.9. The van der Waals surface area contributed by atoms with Gasteiger partial charge in [-0.15, -0.1) is 11.3 Å². The van der Waals surface area contributed by atoms with E-state index in [1.165, 1.54) is 11.3 Å². The van der Waals surface area contributed by atoms with Crippen molar-refractivity contribution < 1.29 is 14.7 Å². The molecule has 0 saturated carbocycles. The Labute approximate surface area is 92.9 Å². The number of thiophene rings is 1. The van der Waals surface area contributed by atoms with Gasteiger partial charge in [0.05, 0.1) is 17.3 Å². The topological polar surface area (TPSA) is 80.4 Å². The summed E-state index contributed by atoms with van der Waals surface area (Å²) < 4.78 is 0.799. The van der Waals surface area contributed by atoms with Crippen molar-refractivity contribution in [2.24, 2.45) is 5.73 Å². The number of carboxylic acids is 1. The zero-order valence-electron chi connectivity index (χ0n) is 7.07. The third-order valence-electron chi connectivity index (χ3n) is 1.54. The van der Waals surface area contributed by atoms with Crippen LogP contribution in [0.4, 0.5) is 0 Å². The molecule has 14 heavy (non-hydrogen) atoms. The predicted molar refractivity (Wildman–Crippen MR) is 56.6 cm³/mol. The van der Waals surface area contributed by atoms with Gasteiger partial charge in [-0.3, -0.25) is 9.59 Å². The fourth-order valence-electron chi connectivity index (χ4n) is 0.906. The molecule has 1 atom stereocenters. The number of Topliss-reactive ketones (excluding diaryl/α,β-unsaturated/α-hetero) is 1. The molecule has 1 aromatic heterocycles. The number of halogens is 1. The Hall–Kier alpha value is -0.720. The van der Waals surface area contributed by atoms with Crippen LogP contribution in [0.25, 0.3) is 0 Å². The molecule has 0 radical (unpaired) electrons. The van der Waals surface area contributed by atoms with E-state index in [-0.39, 0.29) is 12.2 Å². The van der Waals surface area contributed by atoms with E-state index < -0.39 is 12.0 Å². The first-order valence-corrected chi connectivity index (χ1v) is 5.43. The minimum Gasteiger partial charge on any atom is -0.481 e. The van der Waals surface area contributed by atoms with Crippen molar-refractivity contribution in [1.29, 1.82) is 0 Å². The van der Waals surface area contributed by atoms with Crippen LogP contribution >= 0.6 is 27.3 Å². The Morgan fingerprint density at radius 3 is 2.71 bits per heavy atom. The fraction of sp³-hybridized carbons (Fsp3) is 0.250. The molecule has 1 unspecified atom stereocenters. The number of aliphatic carboxylic acids is 1. The van der Waals surface area contributed by atoms with Crippen molar-refractivity contribution in [3.8, 4) is 0 Å². The highest BCUT2D eigenvalue weighted by molar-refractivity contribution is 9.10. The van der Waals surface area contributed by atoms with E-state index in [2.05, 4.69) is 15.9 Å². The van der Waals surface area contributed by atoms with Crippen molar-refractivity contribution in [2.75, 3.05) is 0 Å². The zero-order valence-corrected chi connectivity index (χ0v) is 9.47. The number of carbonyl (C=O) groups excluding carboxylic acids is 1. The second kappa shape index (κ2) is 4.68. The predicted octanol–water partition coefficient (Wildman–Crippen LogP) is 1.50. The molecule has 76 valence electrons. The van der Waals surface area contributed by atoms with E-state index in [1.807, 2.05) is 0 Å². The Kier molecular flexibility index (Phi) is 3.79. The van der Waals surface area contributed by atoms with Crippen LogP contribution in [0.5, 0.6) is 0 Å². The fourth-order valence-corrected chi connectivity index (χ4v) is 2.34. The maximum Gasteiger partial charge on any atom is 0.305 e. The van der Waals surface area contributed by atoms with Gasteiger partial charge in [-0.25, -0.2) is 0 Å². The van der Waals surface area contributed by atoms with Crippen molar-refractivity contribution in [2.45, 2.75) is 12.5 Å². The first-order chi connectivity index (χ1) is 6.50. The van der Waals surface area contributed by atoms with Crippen LogP contribution in [-0.4, -0.2) is 22.9 Å². The van der Waals surface area contributed by atoms with Crippen LogP contribution in [0.2, 0.25) is 0 Å². The first-order valence-electron chi connectivity index (χ1n) is 3.76. The lowest BCUT2D eigenvalue weighted by atomic mass is 10.1. The number of hydrogen-bond donors (Lipinski definition) is 2. The lowest BCUT2D eigenvalue weighted by Crippen LogP contribution is -2.32. The number of ketones is 1. The molecular formula is C8H8BrNO3S. The minimum absolute atomic E-state index is 0.330. The molecule has 0 spiro atoms. The summed E-state index contributed by atoms with van der Waals surface area (Å²) in [6, 6.07) is 0.674. The van der Waals surface area contributed by atoms with Crippen LogP contribution in [0.3, 0.4) is 0 Å². The Morgan fingerprint density at radius 2 is 2.29 bits per heavy atom. The summed E-state index contributed by atoms with van der Waals surface area (Å²) in [6.07, 6.45) is -0.339. The van der Waals surface area contributed by atoms with Crippen LogP contribution in [0.15, 0.2) is 15.9 Å². The van der Waals surface area contributed by atoms with Gasteiger partial charge in [0.15, 0.2) is 5.78 Å². The van der Waals surface area contributed by atoms with Gasteiger partial charge in [0.2, 0.25) is 0 Å². The summed E-state index contributed by atoms with van der Waals surface area (Å²) in [4.78, 5) is 22.3. The van der Waals surface area contributed by atoms with E-state index in [0.717, 1.165) is 4.47 Å². The van der Waals surface area contributed by atoms with Crippen molar-refractivity contribution in [1.82, 2.24) is 0 Å². The van der Waals surface area contributed by atoms with Crippen molar-refractivity contribution >= 4 is 39.0 Å². The van der Waals surface area contributed by atoms with Crippen LogP contribution in [0, 0.1) is 0 Å². The molecule has 1 heterocycles. The van der Waals surface area contributed by atoms with E-state index >= 15 is 0 Å². The molecule has 1 rings (SSSR count). The Balaban J connectivity index is 2.70. The molecule has 3 N–H and O–H groups in total. The monoisotopic (exact) mass is 277 g/mol.